The lowest BCUT2D eigenvalue weighted by Gasteiger charge is -2.19. The van der Waals surface area contributed by atoms with Gasteiger partial charge in [-0.3, -0.25) is 0 Å². The molecule has 0 bridgehead atoms. The second kappa shape index (κ2) is 5.38. The first-order valence-electron chi connectivity index (χ1n) is 7.13. The molecule has 0 unspecified atom stereocenters. The number of hydrogen-bond acceptors (Lipinski definition) is 3. The highest BCUT2D eigenvalue weighted by Gasteiger charge is 2.22. The van der Waals surface area contributed by atoms with Crippen molar-refractivity contribution in [2.45, 2.75) is 39.1 Å². The topological polar surface area (TPSA) is 59.1 Å². The summed E-state index contributed by atoms with van der Waals surface area (Å²) in [6, 6.07) is 4.71. The molecule has 0 aliphatic carbocycles. The van der Waals surface area contributed by atoms with Gasteiger partial charge in [-0.1, -0.05) is 25.6 Å². The fourth-order valence-electron chi connectivity index (χ4n) is 2.05. The molecule has 1 heterocycles. The van der Waals surface area contributed by atoms with Crippen LogP contribution >= 0.6 is 0 Å². The van der Waals surface area contributed by atoms with Crippen LogP contribution in [0.4, 0.5) is 10.1 Å². The molecule has 3 N–H and O–H groups in total. The van der Waals surface area contributed by atoms with Gasteiger partial charge in [-0.25, -0.2) is 9.37 Å². The molecule has 0 amide bonds. The summed E-state index contributed by atoms with van der Waals surface area (Å²) < 4.78 is 14.2. The van der Waals surface area contributed by atoms with E-state index in [9.17, 15) is 9.50 Å². The number of aliphatic hydroxyl groups is 1. The van der Waals surface area contributed by atoms with Gasteiger partial charge in [0.2, 0.25) is 0 Å². The zero-order valence-corrected chi connectivity index (χ0v) is 14.6. The van der Waals surface area contributed by atoms with E-state index in [2.05, 4.69) is 36.1 Å². The van der Waals surface area contributed by atoms with Crippen molar-refractivity contribution in [3.8, 4) is 11.5 Å². The predicted molar refractivity (Wildman–Crippen MR) is 91.6 cm³/mol. The van der Waals surface area contributed by atoms with Crippen molar-refractivity contribution in [2.75, 3.05) is 5.73 Å². The number of nitrogens with two attached hydrogens (primary N) is 1. The fraction of sp³-hybridized carbons (Fsp3) is 0.353. The van der Waals surface area contributed by atoms with Gasteiger partial charge in [-0.2, -0.15) is 0 Å². The lowest BCUT2D eigenvalue weighted by Crippen LogP contribution is -2.19. The lowest BCUT2D eigenvalue weighted by molar-refractivity contribution is 0.0751. The Morgan fingerprint density at radius 3 is 2.41 bits per heavy atom. The second-order valence-electron chi connectivity index (χ2n) is 7.01. The predicted octanol–water partition coefficient (Wildman–Crippen LogP) is 3.41. The molecule has 0 radical (unpaired) electrons. The quantitative estimate of drug-likeness (QED) is 0.626. The molecule has 0 aliphatic heterocycles. The monoisotopic (exact) mass is 316 g/mol. The van der Waals surface area contributed by atoms with Crippen LogP contribution in [0.2, 0.25) is 19.6 Å². The molecule has 1 aromatic carbocycles. The van der Waals surface area contributed by atoms with Crippen molar-refractivity contribution in [1.29, 1.82) is 0 Å². The van der Waals surface area contributed by atoms with Gasteiger partial charge in [0.25, 0.3) is 0 Å². The second-order valence-corrected chi connectivity index (χ2v) is 11.8. The summed E-state index contributed by atoms with van der Waals surface area (Å²) in [7, 11) is -1.58. The summed E-state index contributed by atoms with van der Waals surface area (Å²) in [5.41, 5.74) is 9.48. The summed E-state index contributed by atoms with van der Waals surface area (Å²) >= 11 is 0. The number of pyridine rings is 1. The molecule has 0 atom stereocenters. The fourth-order valence-corrected chi connectivity index (χ4v) is 2.56. The summed E-state index contributed by atoms with van der Waals surface area (Å²) in [4.78, 5) is 4.30. The lowest BCUT2D eigenvalue weighted by atomic mass is 10.0. The maximum absolute atomic E-state index is 14.2. The number of rotatable bonds is 1. The Bertz CT molecular complexity index is 793. The molecule has 3 nitrogen and oxygen atoms in total. The van der Waals surface area contributed by atoms with E-state index in [0.717, 1.165) is 0 Å². The zero-order chi connectivity index (χ0) is 16.7. The number of halogens is 1. The van der Waals surface area contributed by atoms with Gasteiger partial charge in [-0.05, 0) is 26.0 Å². The molecular weight excluding hydrogens is 295 g/mol. The van der Waals surface area contributed by atoms with Crippen LogP contribution in [0.15, 0.2) is 18.2 Å². The van der Waals surface area contributed by atoms with Crippen LogP contribution in [0.25, 0.3) is 10.9 Å². The molecule has 5 heteroatoms. The van der Waals surface area contributed by atoms with Gasteiger partial charge in [0.05, 0.1) is 22.5 Å². The highest BCUT2D eigenvalue weighted by atomic mass is 28.3. The minimum atomic E-state index is -1.58. The van der Waals surface area contributed by atoms with Gasteiger partial charge < -0.3 is 10.8 Å². The van der Waals surface area contributed by atoms with Gasteiger partial charge in [0.1, 0.15) is 19.5 Å². The summed E-state index contributed by atoms with van der Waals surface area (Å²) in [5.74, 6) is 2.52. The Morgan fingerprint density at radius 1 is 1.23 bits per heavy atom. The smallest absolute Gasteiger partial charge is 0.140 e. The van der Waals surface area contributed by atoms with Crippen LogP contribution in [-0.2, 0) is 5.60 Å². The van der Waals surface area contributed by atoms with Gasteiger partial charge >= 0.3 is 0 Å². The standard InChI is InChI=1S/C17H21FN2OSi/c1-17(2,21)16-14(19)9-12-8-11(6-7-22(3,4)5)13(18)10-15(12)20-16/h8-10,21H,19H2,1-5H3. The van der Waals surface area contributed by atoms with Crippen molar-refractivity contribution in [3.63, 3.8) is 0 Å². The van der Waals surface area contributed by atoms with Crippen molar-refractivity contribution in [1.82, 2.24) is 4.98 Å². The number of fused-ring (bicyclic) bond motifs is 1. The molecule has 0 saturated heterocycles. The SMILES string of the molecule is CC(C)(O)c1nc2cc(F)c(C#C[Si](C)(C)C)cc2cc1N. The van der Waals surface area contributed by atoms with E-state index in [1.165, 1.54) is 6.07 Å². The largest absolute Gasteiger partial charge is 0.397 e. The van der Waals surface area contributed by atoms with E-state index in [0.29, 0.717) is 27.8 Å². The normalized spacial score (nSPS) is 12.1. The number of benzene rings is 1. The van der Waals surface area contributed by atoms with Crippen LogP contribution in [0.5, 0.6) is 0 Å². The Morgan fingerprint density at radius 2 is 1.86 bits per heavy atom. The Labute approximate surface area is 131 Å². The third-order valence-corrected chi connectivity index (χ3v) is 3.96. The number of anilines is 1. The average molecular weight is 316 g/mol. The van der Waals surface area contributed by atoms with E-state index in [1.54, 1.807) is 26.0 Å². The number of nitrogen functional groups attached to an aromatic ring is 1. The van der Waals surface area contributed by atoms with Crippen molar-refractivity contribution in [2.24, 2.45) is 0 Å². The van der Waals surface area contributed by atoms with E-state index < -0.39 is 19.5 Å². The molecule has 0 spiro atoms. The molecule has 2 rings (SSSR count). The molecule has 0 aliphatic rings. The average Bonchev–Trinajstić information content (AvgIpc) is 2.34. The molecule has 0 fully saturated rings. The highest BCUT2D eigenvalue weighted by molar-refractivity contribution is 6.83. The minimum absolute atomic E-state index is 0.348. The van der Waals surface area contributed by atoms with Crippen LogP contribution in [-0.4, -0.2) is 18.2 Å². The highest BCUT2D eigenvalue weighted by Crippen LogP contribution is 2.28. The first-order chi connectivity index (χ1) is 9.97. The number of hydrogen-bond donors (Lipinski definition) is 2. The first-order valence-corrected chi connectivity index (χ1v) is 10.6. The molecule has 0 saturated carbocycles. The van der Waals surface area contributed by atoms with E-state index >= 15 is 0 Å². The van der Waals surface area contributed by atoms with Crippen molar-refractivity contribution >= 4 is 24.7 Å². The third-order valence-electron chi connectivity index (χ3n) is 3.08. The first kappa shape index (κ1) is 16.5. The minimum Gasteiger partial charge on any atom is -0.397 e. The molecule has 22 heavy (non-hydrogen) atoms. The third kappa shape index (κ3) is 3.64. The molecule has 2 aromatic rings. The summed E-state index contributed by atoms with van der Waals surface area (Å²) in [5, 5.41) is 10.8. The van der Waals surface area contributed by atoms with Crippen LogP contribution in [0, 0.1) is 17.3 Å². The number of aromatic nitrogens is 1. The molecule has 116 valence electrons. The van der Waals surface area contributed by atoms with Crippen molar-refractivity contribution in [3.05, 3.63) is 35.3 Å². The number of nitrogens with zero attached hydrogens (tertiary/aromatic N) is 1. The molecule has 1 aromatic heterocycles. The van der Waals surface area contributed by atoms with Crippen LogP contribution < -0.4 is 5.73 Å². The van der Waals surface area contributed by atoms with Crippen LogP contribution in [0.1, 0.15) is 25.1 Å². The van der Waals surface area contributed by atoms with Gasteiger partial charge in [-0.15, -0.1) is 5.54 Å². The molecular formula is C17H21FN2OSi. The Balaban J connectivity index is 2.63. The maximum atomic E-state index is 14.2. The zero-order valence-electron chi connectivity index (χ0n) is 13.6. The Kier molecular flexibility index (Phi) is 4.03. The van der Waals surface area contributed by atoms with E-state index in [-0.39, 0.29) is 0 Å². The maximum Gasteiger partial charge on any atom is 0.140 e. The van der Waals surface area contributed by atoms with Gasteiger partial charge in [0, 0.05) is 11.5 Å². The summed E-state index contributed by atoms with van der Waals surface area (Å²) in [6.07, 6.45) is 0. The summed E-state index contributed by atoms with van der Waals surface area (Å²) in [6.45, 7) is 9.51. The van der Waals surface area contributed by atoms with E-state index in [1.807, 2.05) is 0 Å². The Hall–Kier alpha value is -1.90. The van der Waals surface area contributed by atoms with Crippen molar-refractivity contribution < 1.29 is 9.50 Å². The van der Waals surface area contributed by atoms with Gasteiger partial charge in [0.15, 0.2) is 0 Å². The van der Waals surface area contributed by atoms with E-state index in [4.69, 9.17) is 5.73 Å². The van der Waals surface area contributed by atoms with Crippen LogP contribution in [0.3, 0.4) is 0 Å².